The normalized spacial score (nSPS) is 8.90. The van der Waals surface area contributed by atoms with E-state index in [2.05, 4.69) is 62.6 Å². The third-order valence-corrected chi connectivity index (χ3v) is 7.10. The Morgan fingerprint density at radius 3 is 1.75 bits per heavy atom. The Morgan fingerprint density at radius 1 is 0.825 bits per heavy atom. The zero-order valence-electron chi connectivity index (χ0n) is 21.9. The fourth-order valence-corrected chi connectivity index (χ4v) is 3.73. The monoisotopic (exact) mass is 830 g/mol. The van der Waals surface area contributed by atoms with Crippen LogP contribution in [0.4, 0.5) is 0 Å². The quantitative estimate of drug-likeness (QED) is 0.0653. The number of hydrogen-bond donors (Lipinski definition) is 4. The fourth-order valence-electron chi connectivity index (χ4n) is 2.40. The second-order valence-corrected chi connectivity index (χ2v) is 9.76. The van der Waals surface area contributed by atoms with Crippen molar-refractivity contribution in [1.82, 2.24) is 9.97 Å². The zero-order valence-corrected chi connectivity index (χ0v) is 33.4. The summed E-state index contributed by atoms with van der Waals surface area (Å²) in [6, 6.07) is 17.0. The second-order valence-electron chi connectivity index (χ2n) is 6.49. The van der Waals surface area contributed by atoms with Crippen molar-refractivity contribution < 1.29 is 139 Å². The molecule has 40 heavy (non-hydrogen) atoms. The number of phenolic OH excluding ortho intramolecular Hbond substituents is 2. The Kier molecular flexibility index (Phi) is 26.3. The summed E-state index contributed by atoms with van der Waals surface area (Å²) in [6.07, 6.45) is 3.40. The first kappa shape index (κ1) is 43.2. The summed E-state index contributed by atoms with van der Waals surface area (Å²) in [6.45, 7) is -0.181. The molecule has 0 bridgehead atoms. The van der Waals surface area contributed by atoms with Crippen molar-refractivity contribution in [3.63, 3.8) is 0 Å². The molecule has 2 heterocycles. The molecule has 0 saturated heterocycles. The van der Waals surface area contributed by atoms with E-state index >= 15 is 0 Å². The molecule has 0 aliphatic rings. The number of para-hydroxylation sites is 2. The number of benzene rings is 2. The van der Waals surface area contributed by atoms with Crippen molar-refractivity contribution in [2.45, 2.75) is 0 Å². The summed E-state index contributed by atoms with van der Waals surface area (Å²) in [4.78, 5) is 19.4. The molecule has 0 aliphatic heterocycles. The van der Waals surface area contributed by atoms with E-state index in [1.165, 1.54) is 18.2 Å². The maximum atomic E-state index is 9.78. The van der Waals surface area contributed by atoms with E-state index in [1.807, 2.05) is 24.3 Å². The second kappa shape index (κ2) is 24.4. The first-order valence-corrected chi connectivity index (χ1v) is 13.1. The van der Waals surface area contributed by atoms with Gasteiger partial charge in [0.25, 0.3) is 6.47 Å². The Morgan fingerprint density at radius 2 is 1.32 bits per heavy atom. The molecule has 0 saturated carbocycles. The third kappa shape index (κ3) is 15.7. The summed E-state index contributed by atoms with van der Waals surface area (Å²) in [7, 11) is -1.69. The largest absolute Gasteiger partial charge is 1.00 e. The molecule has 0 spiro atoms. The van der Waals surface area contributed by atoms with Gasteiger partial charge in [0, 0.05) is 27.9 Å². The number of nitrogens with zero attached hydrogens (tertiary/aromatic N) is 2. The molecule has 4 aromatic rings. The number of phenols is 2. The summed E-state index contributed by atoms with van der Waals surface area (Å²) < 4.78 is 2.66. The van der Waals surface area contributed by atoms with Crippen molar-refractivity contribution in [2.75, 3.05) is 0 Å². The van der Waals surface area contributed by atoms with Crippen molar-refractivity contribution in [2.24, 2.45) is 0 Å². The van der Waals surface area contributed by atoms with Crippen LogP contribution in [0.1, 0.15) is 1.43 Å². The van der Waals surface area contributed by atoms with Crippen LogP contribution < -0.4 is 113 Å². The van der Waals surface area contributed by atoms with Crippen LogP contribution in [0.2, 0.25) is 10.0 Å². The van der Waals surface area contributed by atoms with Gasteiger partial charge >= 0.3 is 110 Å². The van der Waals surface area contributed by atoms with Gasteiger partial charge in [-0.1, -0.05) is 41.4 Å². The number of aromatic nitrogens is 2. The first-order valence-electron chi connectivity index (χ1n) is 9.95. The molecule has 0 fully saturated rings. The van der Waals surface area contributed by atoms with Crippen LogP contribution in [0.25, 0.3) is 11.3 Å². The minimum atomic E-state index is -1.69. The number of hydrogen-bond acceptors (Lipinski definition) is 9. The number of carbonyl (C=O) groups is 1. The molecule has 17 heteroatoms. The van der Waals surface area contributed by atoms with E-state index in [9.17, 15) is 5.11 Å². The summed E-state index contributed by atoms with van der Waals surface area (Å²) in [5, 5.41) is 45.1. The number of pyridine rings is 2. The molecule has 4 N–H and O–H groups in total. The maximum Gasteiger partial charge on any atom is 1.00 e. The van der Waals surface area contributed by atoms with Crippen LogP contribution in [0.3, 0.4) is 0 Å². The van der Waals surface area contributed by atoms with E-state index in [0.29, 0.717) is 16.3 Å². The first-order chi connectivity index (χ1) is 18.0. The van der Waals surface area contributed by atoms with Crippen molar-refractivity contribution >= 4 is 90.0 Å². The minimum Gasteiger partial charge on any atom is -1.00 e. The Hall–Kier alpha value is 1.05. The number of halogens is 5. The molecular weight excluding hydrogens is 816 g/mol. The van der Waals surface area contributed by atoms with Crippen LogP contribution >= 0.6 is 71.0 Å². The summed E-state index contributed by atoms with van der Waals surface area (Å²) >= 11 is 21.2. The van der Waals surface area contributed by atoms with Gasteiger partial charge in [-0.3, -0.25) is 9.78 Å². The van der Waals surface area contributed by atoms with E-state index in [4.69, 9.17) is 48.4 Å². The van der Waals surface area contributed by atoms with Crippen molar-refractivity contribution in [3.8, 4) is 22.8 Å². The smallest absolute Gasteiger partial charge is 1.00 e. The molecule has 0 aliphatic carbocycles. The predicted molar refractivity (Wildman–Crippen MR) is 155 cm³/mol. The van der Waals surface area contributed by atoms with E-state index in [0.717, 1.165) is 13.5 Å². The minimum absolute atomic E-state index is 0. The van der Waals surface area contributed by atoms with E-state index in [-0.39, 0.29) is 133 Å². The molecule has 0 amide bonds. The van der Waals surface area contributed by atoms with E-state index in [1.54, 1.807) is 30.6 Å². The maximum absolute atomic E-state index is 9.78. The SMILES string of the molecule is Brc1cccnc1Br.O=CO[O-].OB(O)c1cccc(Cl)c1O.Oc1c(Cl)cccc1-c1ncccc1Br.[H-].[K+].[K+]. The topological polar surface area (TPSA) is 156 Å². The van der Waals surface area contributed by atoms with Crippen LogP contribution in [-0.2, 0) is 9.68 Å². The van der Waals surface area contributed by atoms with Gasteiger partial charge in [-0.05, 0) is 90.3 Å². The third-order valence-electron chi connectivity index (χ3n) is 4.05. The van der Waals surface area contributed by atoms with Crippen LogP contribution in [0.5, 0.6) is 11.5 Å². The molecule has 2 aromatic heterocycles. The molecular formula is C23H18BBr3Cl2K2N2O7. The molecule has 4 rings (SSSR count). The zero-order chi connectivity index (χ0) is 28.7. The van der Waals surface area contributed by atoms with Crippen LogP contribution in [0, 0.1) is 0 Å². The van der Waals surface area contributed by atoms with Gasteiger partial charge in [0.05, 0.1) is 20.2 Å². The molecule has 2 aromatic carbocycles. The van der Waals surface area contributed by atoms with Gasteiger partial charge in [-0.2, -0.15) is 0 Å². The predicted octanol–water partition coefficient (Wildman–Crippen LogP) is -1.24. The van der Waals surface area contributed by atoms with Gasteiger partial charge in [0.15, 0.2) is 0 Å². The fraction of sp³-hybridized carbons (Fsp3) is 0. The number of carbonyl (C=O) groups excluding carboxylic acids is 1. The molecule has 0 atom stereocenters. The Balaban J connectivity index is -0.000000496. The van der Waals surface area contributed by atoms with Crippen molar-refractivity contribution in [3.05, 3.63) is 96.7 Å². The molecule has 202 valence electrons. The van der Waals surface area contributed by atoms with Gasteiger partial charge in [-0.15, -0.1) is 0 Å². The molecule has 0 unspecified atom stereocenters. The van der Waals surface area contributed by atoms with Crippen LogP contribution in [0.15, 0.2) is 86.6 Å². The average molecular weight is 834 g/mol. The van der Waals surface area contributed by atoms with Gasteiger partial charge in [0.2, 0.25) is 0 Å². The standard InChI is InChI=1S/C11H7BrClNO.C6H6BClO3.C5H3Br2N.CH2O3.2K.H/c12-8-4-2-6-14-10(8)7-3-1-5-9(13)11(7)15;8-5-3-1-2-4(6(5)9)7(10)11;6-4-2-1-3-8-5(4)7;2-1-4-3;;;/h1-6,15H;1-3,9-11H;1-3H;1,3H;;;/q;;;;2*+1;-1/p-1. The Labute approximate surface area is 352 Å². The van der Waals surface area contributed by atoms with Gasteiger partial charge in [0.1, 0.15) is 16.1 Å². The van der Waals surface area contributed by atoms with Gasteiger partial charge < -0.3 is 31.8 Å². The number of rotatable bonds is 3. The van der Waals surface area contributed by atoms with Crippen LogP contribution in [-0.4, -0.2) is 43.8 Å². The van der Waals surface area contributed by atoms with E-state index < -0.39 is 7.12 Å². The average Bonchev–Trinajstić information content (AvgIpc) is 2.90. The number of aromatic hydroxyl groups is 2. The Bertz CT molecular complexity index is 1320. The molecule has 0 radical (unpaired) electrons. The van der Waals surface area contributed by atoms with Crippen molar-refractivity contribution in [1.29, 1.82) is 0 Å². The summed E-state index contributed by atoms with van der Waals surface area (Å²) in [5.41, 5.74) is 1.31. The molecule has 9 nitrogen and oxygen atoms in total. The van der Waals surface area contributed by atoms with Gasteiger partial charge in [-0.25, -0.2) is 4.98 Å². The summed E-state index contributed by atoms with van der Waals surface area (Å²) in [5.74, 6) is -0.234.